The average Bonchev–Trinajstić information content (AvgIpc) is 3.91. The van der Waals surface area contributed by atoms with Crippen molar-refractivity contribution in [2.24, 2.45) is 0 Å². The molecule has 0 aromatic heterocycles. The molecular formula is C52H36O5Si2. The van der Waals surface area contributed by atoms with Crippen LogP contribution in [-0.2, 0) is 25.0 Å². The molecule has 12 rings (SSSR count). The molecule has 0 aliphatic heterocycles. The van der Waals surface area contributed by atoms with Crippen molar-refractivity contribution in [2.45, 2.75) is 20.9 Å². The molecule has 59 heavy (non-hydrogen) atoms. The average molecular weight is 797 g/mol. The van der Waals surface area contributed by atoms with Crippen molar-refractivity contribution in [3.05, 3.63) is 239 Å². The van der Waals surface area contributed by atoms with Crippen LogP contribution in [-0.4, -0.2) is 38.5 Å². The monoisotopic (exact) mass is 796 g/mol. The molecule has 0 atom stereocenters. The predicted molar refractivity (Wildman–Crippen MR) is 232 cm³/mol. The summed E-state index contributed by atoms with van der Waals surface area (Å²) in [5, 5.41) is 49.3. The highest BCUT2D eigenvalue weighted by Crippen LogP contribution is 2.61. The second-order valence-electron chi connectivity index (χ2n) is 16.0. The van der Waals surface area contributed by atoms with Gasteiger partial charge in [-0.15, -0.1) is 0 Å². The van der Waals surface area contributed by atoms with Gasteiger partial charge in [-0.05, 0) is 89.0 Å². The Labute approximate surface area is 345 Å². The number of aliphatic hydroxyl groups is 4. The molecule has 0 bridgehead atoms. The summed E-state index contributed by atoms with van der Waals surface area (Å²) in [6.07, 6.45) is 0. The fourth-order valence-corrected chi connectivity index (χ4v) is 18.7. The number of fused-ring (bicyclic) bond motifs is 12. The van der Waals surface area contributed by atoms with Gasteiger partial charge in [-0.25, -0.2) is 0 Å². The second-order valence-corrected chi connectivity index (χ2v) is 21.0. The Morgan fingerprint density at radius 2 is 0.373 bits per heavy atom. The van der Waals surface area contributed by atoms with Crippen molar-refractivity contribution in [3.63, 3.8) is 0 Å². The maximum Gasteiger partial charge on any atom is 0.290 e. The van der Waals surface area contributed by atoms with E-state index in [1.165, 1.54) is 0 Å². The summed E-state index contributed by atoms with van der Waals surface area (Å²) in [5.74, 6) is 0. The molecule has 0 amide bonds. The van der Waals surface area contributed by atoms with Gasteiger partial charge in [0.25, 0.3) is 18.1 Å². The first-order valence-corrected chi connectivity index (χ1v) is 22.7. The van der Waals surface area contributed by atoms with Gasteiger partial charge in [0.1, 0.15) is 20.9 Å². The van der Waals surface area contributed by atoms with Crippen LogP contribution in [0.1, 0.15) is 44.5 Å². The molecule has 8 aromatic rings. The summed E-state index contributed by atoms with van der Waals surface area (Å²) < 4.78 is 8.06. The lowest BCUT2D eigenvalue weighted by atomic mass is 10.1. The van der Waals surface area contributed by atoms with Crippen molar-refractivity contribution in [3.8, 4) is 44.5 Å². The molecule has 4 N–H and O–H groups in total. The second kappa shape index (κ2) is 12.3. The van der Waals surface area contributed by atoms with Crippen molar-refractivity contribution < 1.29 is 24.5 Å². The number of benzene rings is 8. The third-order valence-corrected chi connectivity index (χ3v) is 19.6. The van der Waals surface area contributed by atoms with E-state index < -0.39 is 39.0 Å². The van der Waals surface area contributed by atoms with Crippen molar-refractivity contribution in [1.29, 1.82) is 0 Å². The highest BCUT2D eigenvalue weighted by molar-refractivity contribution is 6.74. The maximum atomic E-state index is 14.2. The lowest BCUT2D eigenvalue weighted by Gasteiger charge is -2.48. The molecule has 282 valence electrons. The lowest BCUT2D eigenvalue weighted by molar-refractivity contribution is 0.0686. The molecule has 4 aliphatic rings. The minimum Gasteiger partial charge on any atom is -0.447 e. The van der Waals surface area contributed by atoms with Gasteiger partial charge in [0, 0.05) is 0 Å². The minimum atomic E-state index is -3.26. The van der Waals surface area contributed by atoms with E-state index in [0.29, 0.717) is 44.5 Å². The van der Waals surface area contributed by atoms with E-state index in [2.05, 4.69) is 0 Å². The Hall–Kier alpha value is -6.01. The first kappa shape index (κ1) is 35.0. The lowest BCUT2D eigenvalue weighted by Crippen LogP contribution is -2.67. The van der Waals surface area contributed by atoms with Gasteiger partial charge in [-0.1, -0.05) is 194 Å². The van der Waals surface area contributed by atoms with Crippen LogP contribution in [0.5, 0.6) is 0 Å². The van der Waals surface area contributed by atoms with Crippen LogP contribution in [0.2, 0.25) is 0 Å². The first-order chi connectivity index (χ1) is 28.8. The van der Waals surface area contributed by atoms with Crippen molar-refractivity contribution in [2.75, 3.05) is 0 Å². The van der Waals surface area contributed by atoms with Gasteiger partial charge in [0.2, 0.25) is 0 Å². The van der Waals surface area contributed by atoms with Crippen molar-refractivity contribution >= 4 is 18.1 Å². The highest BCUT2D eigenvalue weighted by atomic mass is 28.4. The van der Waals surface area contributed by atoms with Gasteiger partial charge in [0.05, 0.1) is 0 Å². The molecule has 5 nitrogen and oxygen atoms in total. The smallest absolute Gasteiger partial charge is 0.290 e. The quantitative estimate of drug-likeness (QED) is 0.126. The van der Waals surface area contributed by atoms with E-state index in [9.17, 15) is 20.4 Å². The Kier molecular flexibility index (Phi) is 7.27. The number of rotatable bonds is 6. The van der Waals surface area contributed by atoms with Crippen LogP contribution in [0, 0.1) is 0 Å². The first-order valence-electron chi connectivity index (χ1n) is 19.9. The number of hydrogen-bond donors (Lipinski definition) is 4. The molecule has 2 radical (unpaired) electrons. The van der Waals surface area contributed by atoms with Crippen LogP contribution in [0.3, 0.4) is 0 Å². The molecule has 0 fully saturated rings. The van der Waals surface area contributed by atoms with Gasteiger partial charge in [-0.2, -0.15) is 0 Å². The van der Waals surface area contributed by atoms with E-state index in [1.54, 1.807) is 0 Å². The topological polar surface area (TPSA) is 90.2 Å². The fraction of sp³-hybridized carbons (Fsp3) is 0.0769. The Bertz CT molecular complexity index is 2460. The zero-order chi connectivity index (χ0) is 39.7. The summed E-state index contributed by atoms with van der Waals surface area (Å²) in [6.45, 7) is 0. The Morgan fingerprint density at radius 3 is 0.525 bits per heavy atom. The number of hydrogen-bond acceptors (Lipinski definition) is 5. The summed E-state index contributed by atoms with van der Waals surface area (Å²) in [5.41, 5.74) is 11.7. The molecule has 0 spiro atoms. The summed E-state index contributed by atoms with van der Waals surface area (Å²) in [4.78, 5) is 0. The molecular weight excluding hydrogens is 761 g/mol. The molecule has 0 saturated heterocycles. The van der Waals surface area contributed by atoms with Gasteiger partial charge >= 0.3 is 0 Å². The molecule has 8 aromatic carbocycles. The molecule has 7 heteroatoms. The van der Waals surface area contributed by atoms with Gasteiger partial charge in [-0.3, -0.25) is 0 Å². The van der Waals surface area contributed by atoms with E-state index in [1.807, 2.05) is 194 Å². The fourth-order valence-electron chi connectivity index (χ4n) is 10.7. The molecule has 0 unspecified atom stereocenters. The minimum absolute atomic E-state index is 0.616. The highest BCUT2D eigenvalue weighted by Gasteiger charge is 2.69. The van der Waals surface area contributed by atoms with Crippen LogP contribution < -0.4 is 0 Å². The molecule has 0 saturated carbocycles. The summed E-state index contributed by atoms with van der Waals surface area (Å²) in [6, 6.07) is 62.4. The predicted octanol–water partition coefficient (Wildman–Crippen LogP) is 8.81. The Morgan fingerprint density at radius 1 is 0.237 bits per heavy atom. The zero-order valence-corrected chi connectivity index (χ0v) is 33.7. The summed E-state index contributed by atoms with van der Waals surface area (Å²) in [7, 11) is -6.52. The SMILES string of the molecule is OC1([Si](O[Si](C2(O)c3ccccc3-c3ccccc32)C2(O)c3ccccc3-c3ccccc32)C2(O)c3ccccc3-c3ccccc32)c2ccccc2-c2ccccc21. The third kappa shape index (κ3) is 4.29. The van der Waals surface area contributed by atoms with Gasteiger partial charge in [0.15, 0.2) is 0 Å². The van der Waals surface area contributed by atoms with Gasteiger partial charge < -0.3 is 24.5 Å². The van der Waals surface area contributed by atoms with E-state index >= 15 is 0 Å². The van der Waals surface area contributed by atoms with Crippen LogP contribution >= 0.6 is 0 Å². The maximum absolute atomic E-state index is 14.2. The zero-order valence-electron chi connectivity index (χ0n) is 31.7. The van der Waals surface area contributed by atoms with Crippen LogP contribution in [0.25, 0.3) is 44.5 Å². The Balaban J connectivity index is 1.22. The standard InChI is InChI=1S/C52H36O5Si2/c53-49(41-25-9-1-17-33(41)34-18-2-10-26-42(34)49)58(50(54)43-27-11-3-19-35(43)36-20-4-12-28-44(36)50)57-59(51(55)45-29-13-5-21-37(45)38-22-6-14-30-46(38)51)52(56)47-31-15-7-23-39(47)40-24-8-16-32-48(40)52/h1-32,53-56H. The normalized spacial score (nSPS) is 17.1. The van der Waals surface area contributed by atoms with Crippen molar-refractivity contribution in [1.82, 2.24) is 0 Å². The van der Waals surface area contributed by atoms with Crippen LogP contribution in [0.15, 0.2) is 194 Å². The van der Waals surface area contributed by atoms with E-state index in [0.717, 1.165) is 44.5 Å². The summed E-state index contributed by atoms with van der Waals surface area (Å²) >= 11 is 0. The largest absolute Gasteiger partial charge is 0.447 e. The van der Waals surface area contributed by atoms with E-state index in [4.69, 9.17) is 4.12 Å². The van der Waals surface area contributed by atoms with Crippen LogP contribution in [0.4, 0.5) is 0 Å². The molecule has 4 aliphatic carbocycles. The van der Waals surface area contributed by atoms with E-state index in [-0.39, 0.29) is 0 Å². The molecule has 0 heterocycles. The third-order valence-electron chi connectivity index (χ3n) is 13.2.